The molecule has 1 aliphatic rings. The quantitative estimate of drug-likeness (QED) is 0.772. The molecule has 3 rings (SSSR count). The van der Waals surface area contributed by atoms with Crippen LogP contribution < -0.4 is 9.64 Å². The number of anilines is 1. The van der Waals surface area contributed by atoms with Crippen molar-refractivity contribution in [2.75, 3.05) is 58.3 Å². The van der Waals surface area contributed by atoms with E-state index < -0.39 is 0 Å². The molecule has 2 aromatic rings. The van der Waals surface area contributed by atoms with Crippen molar-refractivity contribution in [1.29, 1.82) is 0 Å². The molecule has 1 saturated heterocycles. The minimum Gasteiger partial charge on any atom is -0.492 e. The highest BCUT2D eigenvalue weighted by atomic mass is 16.5. The lowest BCUT2D eigenvalue weighted by Gasteiger charge is -2.32. The second-order valence-electron chi connectivity index (χ2n) is 6.94. The molecule has 0 spiro atoms. The van der Waals surface area contributed by atoms with E-state index in [-0.39, 0.29) is 5.91 Å². The number of benzene rings is 1. The van der Waals surface area contributed by atoms with E-state index in [0.717, 1.165) is 31.9 Å². The molecule has 0 saturated carbocycles. The Balaban J connectivity index is 1.55. The minimum absolute atomic E-state index is 0.0539. The van der Waals surface area contributed by atoms with Crippen LogP contribution in [0.3, 0.4) is 0 Å². The third kappa shape index (κ3) is 5.17. The summed E-state index contributed by atoms with van der Waals surface area (Å²) in [6, 6.07) is 7.98. The summed E-state index contributed by atoms with van der Waals surface area (Å²) < 4.78 is 5.77. The molecule has 0 atom stereocenters. The van der Waals surface area contributed by atoms with Crippen molar-refractivity contribution in [3.05, 3.63) is 47.9 Å². The van der Waals surface area contributed by atoms with Crippen molar-refractivity contribution in [2.45, 2.75) is 6.92 Å². The largest absolute Gasteiger partial charge is 0.492 e. The maximum Gasteiger partial charge on any atom is 0.274 e. The average Bonchev–Trinajstić information content (AvgIpc) is 2.69. The van der Waals surface area contributed by atoms with E-state index in [1.807, 2.05) is 48.0 Å². The highest BCUT2D eigenvalue weighted by molar-refractivity contribution is 5.92. The molecule has 27 heavy (non-hydrogen) atoms. The fourth-order valence-corrected chi connectivity index (χ4v) is 2.86. The lowest BCUT2D eigenvalue weighted by molar-refractivity contribution is 0.0658. The number of carbonyl (C=O) groups is 1. The number of aromatic nitrogens is 2. The van der Waals surface area contributed by atoms with Crippen LogP contribution in [-0.4, -0.2) is 79.1 Å². The highest BCUT2D eigenvalue weighted by Crippen LogP contribution is 2.13. The zero-order valence-electron chi connectivity index (χ0n) is 16.3. The number of amides is 1. The Hall–Kier alpha value is -2.67. The Bertz CT molecular complexity index is 757. The van der Waals surface area contributed by atoms with Crippen LogP contribution in [0.4, 0.5) is 5.82 Å². The van der Waals surface area contributed by atoms with E-state index in [1.165, 1.54) is 5.56 Å². The van der Waals surface area contributed by atoms with Crippen molar-refractivity contribution in [2.24, 2.45) is 0 Å². The van der Waals surface area contributed by atoms with E-state index in [2.05, 4.69) is 21.9 Å². The lowest BCUT2D eigenvalue weighted by atomic mass is 10.2. The van der Waals surface area contributed by atoms with Gasteiger partial charge in [0.2, 0.25) is 0 Å². The monoisotopic (exact) mass is 369 g/mol. The number of aryl methyl sites for hydroxylation is 1. The predicted octanol–water partition coefficient (Wildman–Crippen LogP) is 1.69. The van der Waals surface area contributed by atoms with Crippen LogP contribution >= 0.6 is 0 Å². The summed E-state index contributed by atoms with van der Waals surface area (Å²) in [4.78, 5) is 27.4. The number of carbonyl (C=O) groups excluding carboxylic acids is 1. The van der Waals surface area contributed by atoms with Crippen LogP contribution in [0.25, 0.3) is 0 Å². The number of ether oxygens (including phenoxy) is 1. The molecule has 1 aliphatic heterocycles. The van der Waals surface area contributed by atoms with Gasteiger partial charge in [-0.25, -0.2) is 4.98 Å². The smallest absolute Gasteiger partial charge is 0.274 e. The van der Waals surface area contributed by atoms with Gasteiger partial charge in [0, 0.05) is 33.2 Å². The molecule has 0 N–H and O–H groups in total. The Morgan fingerprint density at radius 2 is 1.85 bits per heavy atom. The topological polar surface area (TPSA) is 61.8 Å². The maximum absolute atomic E-state index is 12.7. The van der Waals surface area contributed by atoms with Gasteiger partial charge in [-0.15, -0.1) is 0 Å². The molecule has 2 heterocycles. The van der Waals surface area contributed by atoms with Gasteiger partial charge in [-0.1, -0.05) is 17.7 Å². The summed E-state index contributed by atoms with van der Waals surface area (Å²) in [5.74, 6) is 1.46. The summed E-state index contributed by atoms with van der Waals surface area (Å²) in [6.45, 7) is 6.44. The Labute approximate surface area is 160 Å². The number of hydrogen-bond acceptors (Lipinski definition) is 6. The van der Waals surface area contributed by atoms with Crippen molar-refractivity contribution in [3.63, 3.8) is 0 Å². The third-order valence-corrected chi connectivity index (χ3v) is 4.74. The van der Waals surface area contributed by atoms with Gasteiger partial charge in [-0.05, 0) is 26.1 Å². The van der Waals surface area contributed by atoms with Crippen LogP contribution in [-0.2, 0) is 0 Å². The summed E-state index contributed by atoms with van der Waals surface area (Å²) in [5, 5.41) is 0. The zero-order chi connectivity index (χ0) is 19.2. The molecule has 0 bridgehead atoms. The molecule has 144 valence electrons. The molecule has 1 aromatic carbocycles. The third-order valence-electron chi connectivity index (χ3n) is 4.74. The standard InChI is InChI=1S/C20H27N5O2/c1-16-4-6-17(7-5-16)27-13-12-24(3)19-15-21-14-18(22-19)20(26)25-10-8-23(2)9-11-25/h4-7,14-15H,8-13H2,1-3H3. The van der Waals surface area contributed by atoms with Crippen molar-refractivity contribution < 1.29 is 9.53 Å². The predicted molar refractivity (Wildman–Crippen MR) is 105 cm³/mol. The van der Waals surface area contributed by atoms with Gasteiger partial charge in [0.1, 0.15) is 23.9 Å². The van der Waals surface area contributed by atoms with Gasteiger partial charge >= 0.3 is 0 Å². The van der Waals surface area contributed by atoms with Crippen molar-refractivity contribution in [1.82, 2.24) is 19.8 Å². The first-order valence-electron chi connectivity index (χ1n) is 9.23. The number of likely N-dealkylation sites (N-methyl/N-ethyl adjacent to an activating group) is 2. The Kier molecular flexibility index (Phi) is 6.24. The lowest BCUT2D eigenvalue weighted by Crippen LogP contribution is -2.47. The van der Waals surface area contributed by atoms with E-state index in [1.54, 1.807) is 12.4 Å². The summed E-state index contributed by atoms with van der Waals surface area (Å²) in [7, 11) is 3.99. The summed E-state index contributed by atoms with van der Waals surface area (Å²) in [6.07, 6.45) is 3.22. The summed E-state index contributed by atoms with van der Waals surface area (Å²) >= 11 is 0. The van der Waals surface area contributed by atoms with Crippen LogP contribution in [0.5, 0.6) is 5.75 Å². The molecule has 0 radical (unpaired) electrons. The van der Waals surface area contributed by atoms with E-state index in [0.29, 0.717) is 24.7 Å². The van der Waals surface area contributed by atoms with Gasteiger partial charge in [-0.3, -0.25) is 9.78 Å². The van der Waals surface area contributed by atoms with Gasteiger partial charge in [0.05, 0.1) is 18.9 Å². The number of nitrogens with zero attached hydrogens (tertiary/aromatic N) is 5. The molecular weight excluding hydrogens is 342 g/mol. The van der Waals surface area contributed by atoms with Crippen LogP contribution in [0.2, 0.25) is 0 Å². The van der Waals surface area contributed by atoms with Crippen molar-refractivity contribution >= 4 is 11.7 Å². The molecule has 1 fully saturated rings. The second-order valence-corrected chi connectivity index (χ2v) is 6.94. The van der Waals surface area contributed by atoms with Crippen LogP contribution in [0.15, 0.2) is 36.7 Å². The highest BCUT2D eigenvalue weighted by Gasteiger charge is 2.22. The van der Waals surface area contributed by atoms with E-state index >= 15 is 0 Å². The Morgan fingerprint density at radius 3 is 2.56 bits per heavy atom. The molecular formula is C20H27N5O2. The zero-order valence-corrected chi connectivity index (χ0v) is 16.3. The number of piperazine rings is 1. The van der Waals surface area contributed by atoms with Gasteiger partial charge in [-0.2, -0.15) is 0 Å². The van der Waals surface area contributed by atoms with Crippen LogP contribution in [0, 0.1) is 6.92 Å². The Morgan fingerprint density at radius 1 is 1.15 bits per heavy atom. The molecule has 1 aromatic heterocycles. The first-order chi connectivity index (χ1) is 13.0. The fourth-order valence-electron chi connectivity index (χ4n) is 2.86. The summed E-state index contributed by atoms with van der Waals surface area (Å²) in [5.41, 5.74) is 1.60. The first-order valence-corrected chi connectivity index (χ1v) is 9.23. The normalized spacial score (nSPS) is 14.9. The molecule has 7 nitrogen and oxygen atoms in total. The molecule has 0 aliphatic carbocycles. The van der Waals surface area contributed by atoms with Crippen molar-refractivity contribution in [3.8, 4) is 5.75 Å². The van der Waals surface area contributed by atoms with Gasteiger partial charge in [0.15, 0.2) is 0 Å². The first kappa shape index (κ1) is 19.1. The van der Waals surface area contributed by atoms with Gasteiger partial charge < -0.3 is 19.4 Å². The van der Waals surface area contributed by atoms with Gasteiger partial charge in [0.25, 0.3) is 5.91 Å². The van der Waals surface area contributed by atoms with Crippen LogP contribution in [0.1, 0.15) is 16.1 Å². The molecule has 7 heteroatoms. The number of hydrogen-bond donors (Lipinski definition) is 0. The fraction of sp³-hybridized carbons (Fsp3) is 0.450. The number of rotatable bonds is 6. The molecule has 0 unspecified atom stereocenters. The SMILES string of the molecule is Cc1ccc(OCCN(C)c2cncc(C(=O)N3CCN(C)CC3)n2)cc1. The average molecular weight is 369 g/mol. The minimum atomic E-state index is -0.0539. The second kappa shape index (κ2) is 8.81. The van der Waals surface area contributed by atoms with E-state index in [9.17, 15) is 4.79 Å². The van der Waals surface area contributed by atoms with E-state index in [4.69, 9.17) is 4.74 Å². The molecule has 1 amide bonds. The maximum atomic E-state index is 12.7.